The molecule has 25 heavy (non-hydrogen) atoms. The quantitative estimate of drug-likeness (QED) is 0.771. The lowest BCUT2D eigenvalue weighted by Gasteiger charge is -2.22. The van der Waals surface area contributed by atoms with Gasteiger partial charge >= 0.3 is 0 Å². The molecule has 2 rings (SSSR count). The summed E-state index contributed by atoms with van der Waals surface area (Å²) in [7, 11) is 0. The summed E-state index contributed by atoms with van der Waals surface area (Å²) in [6.45, 7) is 7.38. The molecular weight excluding hydrogens is 314 g/mol. The largest absolute Gasteiger partial charge is 0.372 e. The second kappa shape index (κ2) is 8.60. The highest BCUT2D eigenvalue weighted by molar-refractivity contribution is 5.93. The van der Waals surface area contributed by atoms with Crippen LogP contribution >= 0.6 is 0 Å². The van der Waals surface area contributed by atoms with E-state index < -0.39 is 0 Å². The Balaban J connectivity index is 2.33. The van der Waals surface area contributed by atoms with Gasteiger partial charge in [-0.15, -0.1) is 5.11 Å². The number of azo groups is 1. The molecule has 2 aromatic carbocycles. The molecule has 1 N–H and O–H groups in total. The zero-order chi connectivity index (χ0) is 18.2. The lowest BCUT2D eigenvalue weighted by atomic mass is 10.2. The van der Waals surface area contributed by atoms with Gasteiger partial charge in [0.1, 0.15) is 5.69 Å². The average Bonchev–Trinajstić information content (AvgIpc) is 2.62. The highest BCUT2D eigenvalue weighted by atomic mass is 16.1. The number of amides is 1. The van der Waals surface area contributed by atoms with Crippen molar-refractivity contribution in [2.45, 2.75) is 20.8 Å². The highest BCUT2D eigenvalue weighted by Gasteiger charge is 2.09. The molecule has 6 nitrogen and oxygen atoms in total. The van der Waals surface area contributed by atoms with Gasteiger partial charge in [-0.3, -0.25) is 4.79 Å². The zero-order valence-electron chi connectivity index (χ0n) is 14.7. The van der Waals surface area contributed by atoms with Gasteiger partial charge in [-0.1, -0.05) is 0 Å². The molecule has 0 aliphatic rings. The summed E-state index contributed by atoms with van der Waals surface area (Å²) in [5.74, 6) is -0.161. The number of nitriles is 1. The third kappa shape index (κ3) is 4.88. The van der Waals surface area contributed by atoms with Gasteiger partial charge in [0, 0.05) is 25.7 Å². The Hall–Kier alpha value is -3.20. The van der Waals surface area contributed by atoms with E-state index in [1.165, 1.54) is 6.92 Å². The van der Waals surface area contributed by atoms with Crippen molar-refractivity contribution in [2.24, 2.45) is 10.2 Å². The number of benzene rings is 2. The maximum absolute atomic E-state index is 11.5. The monoisotopic (exact) mass is 335 g/mol. The minimum absolute atomic E-state index is 0.161. The van der Waals surface area contributed by atoms with Crippen molar-refractivity contribution in [3.63, 3.8) is 0 Å². The molecule has 0 aromatic heterocycles. The predicted octanol–water partition coefficient (Wildman–Crippen LogP) is 4.78. The van der Waals surface area contributed by atoms with Crippen molar-refractivity contribution < 1.29 is 4.79 Å². The molecule has 0 radical (unpaired) electrons. The van der Waals surface area contributed by atoms with Crippen LogP contribution in [0, 0.1) is 11.3 Å². The minimum atomic E-state index is -0.161. The molecule has 6 heteroatoms. The third-order valence-corrected chi connectivity index (χ3v) is 3.69. The molecule has 0 atom stereocenters. The summed E-state index contributed by atoms with van der Waals surface area (Å²) in [6.07, 6.45) is 0. The van der Waals surface area contributed by atoms with Crippen LogP contribution in [0.15, 0.2) is 52.7 Å². The van der Waals surface area contributed by atoms with Crippen molar-refractivity contribution in [1.29, 1.82) is 5.26 Å². The Morgan fingerprint density at radius 1 is 1.12 bits per heavy atom. The molecule has 0 saturated carbocycles. The van der Waals surface area contributed by atoms with Crippen LogP contribution in [-0.4, -0.2) is 19.0 Å². The van der Waals surface area contributed by atoms with Crippen LogP contribution in [0.5, 0.6) is 0 Å². The summed E-state index contributed by atoms with van der Waals surface area (Å²) in [5.41, 5.74) is 3.43. The molecule has 0 aliphatic heterocycles. The Morgan fingerprint density at radius 2 is 1.80 bits per heavy atom. The molecule has 0 saturated heterocycles. The average molecular weight is 335 g/mol. The first-order chi connectivity index (χ1) is 12.1. The number of carbonyl (C=O) groups is 1. The minimum Gasteiger partial charge on any atom is -0.372 e. The van der Waals surface area contributed by atoms with Gasteiger partial charge < -0.3 is 10.2 Å². The molecular formula is C19H21N5O. The molecule has 0 fully saturated rings. The molecule has 1 amide bonds. The maximum Gasteiger partial charge on any atom is 0.221 e. The van der Waals surface area contributed by atoms with E-state index in [1.54, 1.807) is 24.3 Å². The van der Waals surface area contributed by atoms with Crippen LogP contribution in [0.4, 0.5) is 22.7 Å². The van der Waals surface area contributed by atoms with Gasteiger partial charge in [0.05, 0.1) is 23.0 Å². The first kappa shape index (κ1) is 18.1. The topological polar surface area (TPSA) is 80.8 Å². The van der Waals surface area contributed by atoms with E-state index in [4.69, 9.17) is 5.26 Å². The first-order valence-corrected chi connectivity index (χ1v) is 8.15. The van der Waals surface area contributed by atoms with Crippen molar-refractivity contribution >= 4 is 28.7 Å². The fourth-order valence-electron chi connectivity index (χ4n) is 2.40. The van der Waals surface area contributed by atoms with Crippen LogP contribution in [0.25, 0.3) is 0 Å². The number of hydrogen-bond acceptors (Lipinski definition) is 5. The van der Waals surface area contributed by atoms with E-state index in [9.17, 15) is 4.79 Å². The van der Waals surface area contributed by atoms with Gasteiger partial charge in [-0.2, -0.15) is 10.4 Å². The van der Waals surface area contributed by atoms with Gasteiger partial charge in [-0.25, -0.2) is 0 Å². The standard InChI is InChI=1S/C19H21N5O/c1-4-24(5-2)17-10-11-18(19(12-17)21-14(3)25)23-22-16-8-6-15(13-20)7-9-16/h6-12H,4-5H2,1-3H3,(H,21,25). The molecule has 0 aliphatic carbocycles. The van der Waals surface area contributed by atoms with E-state index in [-0.39, 0.29) is 5.91 Å². The molecule has 0 bridgehead atoms. The number of nitrogens with one attached hydrogen (secondary N) is 1. The lowest BCUT2D eigenvalue weighted by molar-refractivity contribution is -0.114. The smallest absolute Gasteiger partial charge is 0.221 e. The Morgan fingerprint density at radius 3 is 2.36 bits per heavy atom. The Kier molecular flexibility index (Phi) is 6.24. The number of rotatable bonds is 6. The summed E-state index contributed by atoms with van der Waals surface area (Å²) in [4.78, 5) is 13.7. The fraction of sp³-hybridized carbons (Fsp3) is 0.263. The fourth-order valence-corrected chi connectivity index (χ4v) is 2.40. The van der Waals surface area contributed by atoms with Crippen LogP contribution in [-0.2, 0) is 4.79 Å². The summed E-state index contributed by atoms with van der Waals surface area (Å²) in [5, 5.41) is 20.1. The molecule has 128 valence electrons. The van der Waals surface area contributed by atoms with Crippen molar-refractivity contribution in [3.05, 3.63) is 48.0 Å². The van der Waals surface area contributed by atoms with E-state index >= 15 is 0 Å². The number of carbonyl (C=O) groups excluding carboxylic acids is 1. The van der Waals surface area contributed by atoms with Crippen molar-refractivity contribution in [2.75, 3.05) is 23.3 Å². The summed E-state index contributed by atoms with van der Waals surface area (Å²) in [6, 6.07) is 14.6. The van der Waals surface area contributed by atoms with Crippen molar-refractivity contribution in [1.82, 2.24) is 0 Å². The van der Waals surface area contributed by atoms with Crippen LogP contribution in [0.1, 0.15) is 26.3 Å². The normalized spacial score (nSPS) is 10.5. The van der Waals surface area contributed by atoms with E-state index in [0.29, 0.717) is 22.6 Å². The molecule has 0 heterocycles. The Labute approximate surface area is 147 Å². The SMILES string of the molecule is CCN(CC)c1ccc(N=Nc2ccc(C#N)cc2)c(NC(C)=O)c1. The van der Waals surface area contributed by atoms with Crippen LogP contribution < -0.4 is 10.2 Å². The second-order valence-corrected chi connectivity index (χ2v) is 5.41. The van der Waals surface area contributed by atoms with Crippen LogP contribution in [0.3, 0.4) is 0 Å². The molecule has 0 spiro atoms. The van der Waals surface area contributed by atoms with Gasteiger partial charge in [0.25, 0.3) is 0 Å². The van der Waals surface area contributed by atoms with Gasteiger partial charge in [-0.05, 0) is 56.3 Å². The van der Waals surface area contributed by atoms with Gasteiger partial charge in [0.15, 0.2) is 0 Å². The second-order valence-electron chi connectivity index (χ2n) is 5.41. The lowest BCUT2D eigenvalue weighted by Crippen LogP contribution is -2.21. The number of nitrogens with zero attached hydrogens (tertiary/aromatic N) is 4. The molecule has 0 unspecified atom stereocenters. The van der Waals surface area contributed by atoms with E-state index in [2.05, 4.69) is 40.4 Å². The van der Waals surface area contributed by atoms with E-state index in [1.807, 2.05) is 18.2 Å². The Bertz CT molecular complexity index is 802. The third-order valence-electron chi connectivity index (χ3n) is 3.69. The number of anilines is 2. The maximum atomic E-state index is 11.5. The molecule has 2 aromatic rings. The summed E-state index contributed by atoms with van der Waals surface area (Å²) < 4.78 is 0. The van der Waals surface area contributed by atoms with Crippen molar-refractivity contribution in [3.8, 4) is 6.07 Å². The predicted molar refractivity (Wildman–Crippen MR) is 99.6 cm³/mol. The zero-order valence-corrected chi connectivity index (χ0v) is 14.7. The van der Waals surface area contributed by atoms with Gasteiger partial charge in [0.2, 0.25) is 5.91 Å². The first-order valence-electron chi connectivity index (χ1n) is 8.15. The number of hydrogen-bond donors (Lipinski definition) is 1. The van der Waals surface area contributed by atoms with E-state index in [0.717, 1.165) is 18.8 Å². The van der Waals surface area contributed by atoms with Crippen LogP contribution in [0.2, 0.25) is 0 Å². The summed E-state index contributed by atoms with van der Waals surface area (Å²) >= 11 is 0. The highest BCUT2D eigenvalue weighted by Crippen LogP contribution is 2.31.